The molecule has 0 aromatic carbocycles. The summed E-state index contributed by atoms with van der Waals surface area (Å²) in [4.78, 5) is 4.68. The molecule has 3 rings (SSSR count). The monoisotopic (exact) mass is 233 g/mol. The van der Waals surface area contributed by atoms with Gasteiger partial charge in [0.25, 0.3) is 0 Å². The van der Waals surface area contributed by atoms with Gasteiger partial charge >= 0.3 is 0 Å². The van der Waals surface area contributed by atoms with Crippen molar-refractivity contribution in [2.45, 2.75) is 25.7 Å². The molecule has 84 valence electrons. The molecule has 2 aromatic rings. The van der Waals surface area contributed by atoms with E-state index in [9.17, 15) is 0 Å². The fourth-order valence-corrected chi connectivity index (χ4v) is 3.29. The van der Waals surface area contributed by atoms with Gasteiger partial charge in [-0.2, -0.15) is 16.9 Å². The van der Waals surface area contributed by atoms with Crippen molar-refractivity contribution >= 4 is 17.4 Å². The second-order valence-corrected chi connectivity index (χ2v) is 5.54. The molecule has 0 N–H and O–H groups in total. The summed E-state index contributed by atoms with van der Waals surface area (Å²) >= 11 is 2.04. The van der Waals surface area contributed by atoms with Crippen LogP contribution in [0, 0.1) is 6.92 Å². The molecule has 0 unspecified atom stereocenters. The Morgan fingerprint density at radius 3 is 2.94 bits per heavy atom. The summed E-state index contributed by atoms with van der Waals surface area (Å²) in [7, 11) is 0. The highest BCUT2D eigenvalue weighted by atomic mass is 32.2. The van der Waals surface area contributed by atoms with E-state index in [1.807, 2.05) is 28.5 Å². The van der Waals surface area contributed by atoms with Gasteiger partial charge in [0.15, 0.2) is 11.5 Å². The lowest BCUT2D eigenvalue weighted by molar-refractivity contribution is 0.598. The third kappa shape index (κ3) is 1.71. The zero-order valence-electron chi connectivity index (χ0n) is 9.39. The summed E-state index contributed by atoms with van der Waals surface area (Å²) in [6.07, 6.45) is 4.43. The lowest BCUT2D eigenvalue weighted by Crippen LogP contribution is -2.09. The topological polar surface area (TPSA) is 30.2 Å². The van der Waals surface area contributed by atoms with E-state index < -0.39 is 0 Å². The summed E-state index contributed by atoms with van der Waals surface area (Å²) in [5.74, 6) is 4.11. The molecule has 3 nitrogen and oxygen atoms in total. The van der Waals surface area contributed by atoms with E-state index in [2.05, 4.69) is 23.1 Å². The van der Waals surface area contributed by atoms with Crippen molar-refractivity contribution in [3.8, 4) is 0 Å². The van der Waals surface area contributed by atoms with Gasteiger partial charge in [-0.25, -0.2) is 9.50 Å². The number of thioether (sulfide) groups is 1. The Hall–Kier alpha value is -1.03. The molecule has 0 bridgehead atoms. The minimum atomic E-state index is 0.570. The van der Waals surface area contributed by atoms with Gasteiger partial charge in [-0.15, -0.1) is 0 Å². The first-order valence-electron chi connectivity index (χ1n) is 5.74. The average Bonchev–Trinajstić information content (AvgIpc) is 2.76. The third-order valence-corrected chi connectivity index (χ3v) is 4.21. The van der Waals surface area contributed by atoms with Crippen molar-refractivity contribution in [3.05, 3.63) is 29.7 Å². The van der Waals surface area contributed by atoms with E-state index >= 15 is 0 Å². The fourth-order valence-electron chi connectivity index (χ4n) is 2.18. The van der Waals surface area contributed by atoms with Gasteiger partial charge in [0.05, 0.1) is 0 Å². The third-order valence-electron chi connectivity index (χ3n) is 3.16. The van der Waals surface area contributed by atoms with Crippen LogP contribution in [0.3, 0.4) is 0 Å². The van der Waals surface area contributed by atoms with Crippen molar-refractivity contribution in [2.24, 2.45) is 0 Å². The van der Waals surface area contributed by atoms with Crippen molar-refractivity contribution in [3.63, 3.8) is 0 Å². The Labute approximate surface area is 99.3 Å². The zero-order chi connectivity index (χ0) is 11.0. The Bertz CT molecular complexity index is 500. The van der Waals surface area contributed by atoms with Gasteiger partial charge < -0.3 is 0 Å². The number of hydrogen-bond donors (Lipinski definition) is 0. The maximum Gasteiger partial charge on any atom is 0.158 e. The molecular weight excluding hydrogens is 218 g/mol. The van der Waals surface area contributed by atoms with E-state index in [4.69, 9.17) is 0 Å². The van der Waals surface area contributed by atoms with Crippen LogP contribution in [0.5, 0.6) is 0 Å². The zero-order valence-corrected chi connectivity index (χ0v) is 10.2. The summed E-state index contributed by atoms with van der Waals surface area (Å²) in [6, 6.07) is 4.11. The average molecular weight is 233 g/mol. The molecule has 0 amide bonds. The Morgan fingerprint density at radius 2 is 2.19 bits per heavy atom. The number of rotatable bonds is 1. The highest BCUT2D eigenvalue weighted by Crippen LogP contribution is 2.29. The summed E-state index contributed by atoms with van der Waals surface area (Å²) < 4.78 is 1.91. The van der Waals surface area contributed by atoms with Gasteiger partial charge in [-0.1, -0.05) is 6.07 Å². The second-order valence-electron chi connectivity index (χ2n) is 4.32. The maximum absolute atomic E-state index is 4.68. The lowest BCUT2D eigenvalue weighted by atomic mass is 10.0. The van der Waals surface area contributed by atoms with Gasteiger partial charge in [0.2, 0.25) is 0 Å². The molecule has 0 atom stereocenters. The normalized spacial score (nSPS) is 18.1. The molecule has 2 aromatic heterocycles. The smallest absolute Gasteiger partial charge is 0.158 e. The first-order chi connectivity index (χ1) is 7.84. The molecule has 1 fully saturated rings. The molecule has 0 spiro atoms. The highest BCUT2D eigenvalue weighted by Gasteiger charge is 2.20. The highest BCUT2D eigenvalue weighted by molar-refractivity contribution is 7.99. The molecule has 16 heavy (non-hydrogen) atoms. The lowest BCUT2D eigenvalue weighted by Gasteiger charge is -2.17. The van der Waals surface area contributed by atoms with Crippen LogP contribution in [0.1, 0.15) is 30.1 Å². The first-order valence-corrected chi connectivity index (χ1v) is 6.90. The largest absolute Gasteiger partial charge is 0.221 e. The summed E-state index contributed by atoms with van der Waals surface area (Å²) in [5, 5.41) is 4.59. The predicted octanol–water partition coefficient (Wildman–Crippen LogP) is 2.65. The molecule has 1 aliphatic rings. The van der Waals surface area contributed by atoms with Crippen molar-refractivity contribution < 1.29 is 0 Å². The molecule has 1 saturated heterocycles. The Morgan fingerprint density at radius 1 is 1.38 bits per heavy atom. The minimum Gasteiger partial charge on any atom is -0.221 e. The molecule has 4 heteroatoms. The molecular formula is C12H15N3S. The Kier molecular flexibility index (Phi) is 2.59. The van der Waals surface area contributed by atoms with Crippen LogP contribution in [0.15, 0.2) is 18.3 Å². The van der Waals surface area contributed by atoms with Crippen LogP contribution < -0.4 is 0 Å². The number of aromatic nitrogens is 3. The van der Waals surface area contributed by atoms with E-state index in [1.54, 1.807) is 0 Å². The van der Waals surface area contributed by atoms with E-state index in [1.165, 1.54) is 29.9 Å². The van der Waals surface area contributed by atoms with Crippen molar-refractivity contribution in [1.29, 1.82) is 0 Å². The van der Waals surface area contributed by atoms with Gasteiger partial charge in [-0.3, -0.25) is 0 Å². The van der Waals surface area contributed by atoms with Crippen LogP contribution in [0.4, 0.5) is 0 Å². The van der Waals surface area contributed by atoms with Crippen LogP contribution in [-0.2, 0) is 0 Å². The molecule has 1 aliphatic heterocycles. The SMILES string of the molecule is Cc1cccn2nc(C3CCSCC3)nc12. The number of hydrogen-bond acceptors (Lipinski definition) is 3. The molecule has 0 aliphatic carbocycles. The molecule has 0 radical (unpaired) electrons. The van der Waals surface area contributed by atoms with E-state index in [0.717, 1.165) is 11.5 Å². The van der Waals surface area contributed by atoms with Crippen molar-refractivity contribution in [2.75, 3.05) is 11.5 Å². The second kappa shape index (κ2) is 4.09. The first kappa shape index (κ1) is 10.1. The van der Waals surface area contributed by atoms with Crippen LogP contribution >= 0.6 is 11.8 Å². The molecule has 3 heterocycles. The van der Waals surface area contributed by atoms with Gasteiger partial charge in [-0.05, 0) is 42.9 Å². The van der Waals surface area contributed by atoms with Gasteiger partial charge in [0.1, 0.15) is 0 Å². The molecule has 0 saturated carbocycles. The van der Waals surface area contributed by atoms with Crippen molar-refractivity contribution in [1.82, 2.24) is 14.6 Å². The number of pyridine rings is 1. The summed E-state index contributed by atoms with van der Waals surface area (Å²) in [6.45, 7) is 2.09. The Balaban J connectivity index is 2.01. The van der Waals surface area contributed by atoms with Crippen LogP contribution in [-0.4, -0.2) is 26.1 Å². The van der Waals surface area contributed by atoms with E-state index in [0.29, 0.717) is 5.92 Å². The quantitative estimate of drug-likeness (QED) is 0.758. The number of nitrogens with zero attached hydrogens (tertiary/aromatic N) is 3. The summed E-state index contributed by atoms with van der Waals surface area (Å²) in [5.41, 5.74) is 2.21. The van der Waals surface area contributed by atoms with Gasteiger partial charge in [0, 0.05) is 12.1 Å². The van der Waals surface area contributed by atoms with Crippen LogP contribution in [0.2, 0.25) is 0 Å². The maximum atomic E-state index is 4.68. The standard InChI is InChI=1S/C12H15N3S/c1-9-3-2-6-15-12(9)13-11(14-15)10-4-7-16-8-5-10/h2-3,6,10H,4-5,7-8H2,1H3. The van der Waals surface area contributed by atoms with E-state index in [-0.39, 0.29) is 0 Å². The predicted molar refractivity (Wildman–Crippen MR) is 67.0 cm³/mol. The fraction of sp³-hybridized carbons (Fsp3) is 0.500. The van der Waals surface area contributed by atoms with Crippen LogP contribution in [0.25, 0.3) is 5.65 Å². The minimum absolute atomic E-state index is 0.570. The number of fused-ring (bicyclic) bond motifs is 1. The number of aryl methyl sites for hydroxylation is 1.